The number of nitrogens with two attached hydrogens (primary N) is 1. The van der Waals surface area contributed by atoms with Crippen molar-refractivity contribution in [3.63, 3.8) is 0 Å². The third-order valence-electron chi connectivity index (χ3n) is 3.33. The van der Waals surface area contributed by atoms with E-state index in [2.05, 4.69) is 15.0 Å². The molecule has 1 saturated heterocycles. The third kappa shape index (κ3) is 2.66. The Morgan fingerprint density at radius 2 is 2.50 bits per heavy atom. The number of rotatable bonds is 5. The molecule has 8 heteroatoms. The van der Waals surface area contributed by atoms with Crippen molar-refractivity contribution in [2.75, 3.05) is 18.9 Å². The van der Waals surface area contributed by atoms with Gasteiger partial charge in [0.2, 0.25) is 5.95 Å². The number of nitrogens with zero attached hydrogens (tertiary/aromatic N) is 3. The summed E-state index contributed by atoms with van der Waals surface area (Å²) in [6.45, 7) is 1.74. The zero-order valence-corrected chi connectivity index (χ0v) is 11.0. The van der Waals surface area contributed by atoms with Crippen molar-refractivity contribution in [1.29, 1.82) is 0 Å². The molecule has 0 radical (unpaired) electrons. The zero-order chi connectivity index (χ0) is 13.9. The molecule has 1 aliphatic heterocycles. The minimum atomic E-state index is -0.342. The van der Waals surface area contributed by atoms with Crippen molar-refractivity contribution in [3.05, 3.63) is 16.7 Å². The van der Waals surface area contributed by atoms with Gasteiger partial charge in [0.1, 0.15) is 6.73 Å². The summed E-state index contributed by atoms with van der Waals surface area (Å²) in [7, 11) is 0. The van der Waals surface area contributed by atoms with E-state index >= 15 is 0 Å². The molecule has 0 spiro atoms. The molecule has 2 aromatic heterocycles. The number of fused-ring (bicyclic) bond motifs is 1. The summed E-state index contributed by atoms with van der Waals surface area (Å²) in [4.78, 5) is 22.1. The molecule has 0 aromatic carbocycles. The number of hydrogen-bond acceptors (Lipinski definition) is 6. The van der Waals surface area contributed by atoms with Crippen LogP contribution in [0.25, 0.3) is 11.2 Å². The average Bonchev–Trinajstić information content (AvgIpc) is 3.04. The Morgan fingerprint density at radius 1 is 1.60 bits per heavy atom. The summed E-state index contributed by atoms with van der Waals surface area (Å²) >= 11 is 0. The van der Waals surface area contributed by atoms with Crippen LogP contribution in [0.3, 0.4) is 0 Å². The molecular weight excluding hydrogens is 262 g/mol. The third-order valence-corrected chi connectivity index (χ3v) is 3.33. The lowest BCUT2D eigenvalue weighted by molar-refractivity contribution is 0.0350. The van der Waals surface area contributed by atoms with Crippen molar-refractivity contribution in [2.24, 2.45) is 0 Å². The molecule has 20 heavy (non-hydrogen) atoms. The maximum Gasteiger partial charge on any atom is 0.280 e. The maximum atomic E-state index is 11.6. The van der Waals surface area contributed by atoms with E-state index in [0.717, 1.165) is 25.9 Å². The zero-order valence-electron chi connectivity index (χ0n) is 11.0. The van der Waals surface area contributed by atoms with Crippen molar-refractivity contribution in [1.82, 2.24) is 19.5 Å². The van der Waals surface area contributed by atoms with Crippen molar-refractivity contribution >= 4 is 17.1 Å². The second-order valence-corrected chi connectivity index (χ2v) is 4.80. The molecule has 3 rings (SSSR count). The number of H-pyrrole nitrogens is 1. The first kappa shape index (κ1) is 13.1. The van der Waals surface area contributed by atoms with Crippen LogP contribution >= 0.6 is 0 Å². The van der Waals surface area contributed by atoms with Gasteiger partial charge < -0.3 is 15.2 Å². The van der Waals surface area contributed by atoms with Gasteiger partial charge in [-0.3, -0.25) is 14.3 Å². The van der Waals surface area contributed by atoms with E-state index in [1.165, 1.54) is 6.33 Å². The smallest absolute Gasteiger partial charge is 0.280 e. The van der Waals surface area contributed by atoms with Crippen LogP contribution < -0.4 is 11.3 Å². The van der Waals surface area contributed by atoms with E-state index in [4.69, 9.17) is 15.2 Å². The van der Waals surface area contributed by atoms with E-state index in [1.54, 1.807) is 4.57 Å². The second-order valence-electron chi connectivity index (χ2n) is 4.80. The lowest BCUT2D eigenvalue weighted by atomic mass is 10.2. The van der Waals surface area contributed by atoms with Gasteiger partial charge in [0, 0.05) is 6.61 Å². The second kappa shape index (κ2) is 5.59. The van der Waals surface area contributed by atoms with Gasteiger partial charge in [-0.1, -0.05) is 0 Å². The predicted octanol–water partition coefficient (Wildman–Crippen LogP) is 0.245. The van der Waals surface area contributed by atoms with E-state index < -0.39 is 0 Å². The van der Waals surface area contributed by atoms with Crippen LogP contribution in [0.2, 0.25) is 0 Å². The molecule has 108 valence electrons. The minimum Gasteiger partial charge on any atom is -0.378 e. The van der Waals surface area contributed by atoms with Crippen molar-refractivity contribution in [2.45, 2.75) is 32.1 Å². The number of hydrogen-bond donors (Lipinski definition) is 2. The molecule has 2 aromatic rings. The summed E-state index contributed by atoms with van der Waals surface area (Å²) in [5.41, 5.74) is 5.88. The molecule has 1 unspecified atom stereocenters. The molecule has 3 heterocycles. The minimum absolute atomic E-state index is 0.0728. The Hall–Kier alpha value is -1.93. The van der Waals surface area contributed by atoms with Crippen LogP contribution in [-0.2, 0) is 16.2 Å². The van der Waals surface area contributed by atoms with Crippen LogP contribution in [0.15, 0.2) is 11.1 Å². The molecule has 0 amide bonds. The van der Waals surface area contributed by atoms with E-state index in [1.807, 2.05) is 0 Å². The summed E-state index contributed by atoms with van der Waals surface area (Å²) in [6, 6.07) is 0. The van der Waals surface area contributed by atoms with Gasteiger partial charge in [-0.05, 0) is 19.3 Å². The van der Waals surface area contributed by atoms with Crippen LogP contribution in [0.4, 0.5) is 5.95 Å². The molecule has 0 saturated carbocycles. The normalized spacial score (nSPS) is 18.9. The standard InChI is InChI=1S/C12H17N5O3/c13-12-15-10-9(11(18)16-12)14-6-17(10)7-19-5-3-8-2-1-4-20-8/h6,8H,1-5,7H2,(H3,13,15,16,18). The van der Waals surface area contributed by atoms with Crippen molar-refractivity contribution in [3.8, 4) is 0 Å². The summed E-state index contributed by atoms with van der Waals surface area (Å²) in [5, 5.41) is 0. The molecule has 1 atom stereocenters. The largest absolute Gasteiger partial charge is 0.378 e. The highest BCUT2D eigenvalue weighted by Gasteiger charge is 2.15. The topological polar surface area (TPSA) is 108 Å². The summed E-state index contributed by atoms with van der Waals surface area (Å²) in [5.74, 6) is 0.0728. The van der Waals surface area contributed by atoms with Gasteiger partial charge in [0.05, 0.1) is 19.0 Å². The van der Waals surface area contributed by atoms with Gasteiger partial charge in [0.25, 0.3) is 5.56 Å². The highest BCUT2D eigenvalue weighted by Crippen LogP contribution is 2.15. The van der Waals surface area contributed by atoms with Gasteiger partial charge in [0.15, 0.2) is 11.2 Å². The van der Waals surface area contributed by atoms with Gasteiger partial charge in [-0.2, -0.15) is 4.98 Å². The first-order chi connectivity index (χ1) is 9.74. The first-order valence-electron chi connectivity index (χ1n) is 6.64. The molecular formula is C12H17N5O3. The van der Waals surface area contributed by atoms with Crippen LogP contribution in [0.5, 0.6) is 0 Å². The average molecular weight is 279 g/mol. The molecule has 1 fully saturated rings. The number of nitrogen functional groups attached to an aromatic ring is 1. The number of aromatic amines is 1. The molecule has 0 bridgehead atoms. The highest BCUT2D eigenvalue weighted by atomic mass is 16.5. The van der Waals surface area contributed by atoms with E-state index in [9.17, 15) is 4.79 Å². The quantitative estimate of drug-likeness (QED) is 0.759. The molecule has 3 N–H and O–H groups in total. The fourth-order valence-corrected chi connectivity index (χ4v) is 2.31. The number of aromatic nitrogens is 4. The predicted molar refractivity (Wildman–Crippen MR) is 72.1 cm³/mol. The van der Waals surface area contributed by atoms with Crippen LogP contribution in [0.1, 0.15) is 19.3 Å². The summed E-state index contributed by atoms with van der Waals surface area (Å²) < 4.78 is 12.8. The lowest BCUT2D eigenvalue weighted by Crippen LogP contribution is -2.13. The van der Waals surface area contributed by atoms with E-state index in [0.29, 0.717) is 25.1 Å². The molecule has 8 nitrogen and oxygen atoms in total. The number of ether oxygens (including phenoxy) is 2. The first-order valence-corrected chi connectivity index (χ1v) is 6.64. The van der Waals surface area contributed by atoms with Crippen LogP contribution in [0, 0.1) is 0 Å². The van der Waals surface area contributed by atoms with Gasteiger partial charge in [-0.25, -0.2) is 4.98 Å². The fourth-order valence-electron chi connectivity index (χ4n) is 2.31. The fraction of sp³-hybridized carbons (Fsp3) is 0.583. The Balaban J connectivity index is 1.61. The Bertz CT molecular complexity index is 644. The molecule has 0 aliphatic carbocycles. The number of imidazole rings is 1. The Morgan fingerprint density at radius 3 is 3.30 bits per heavy atom. The Labute approximate surface area is 114 Å². The number of nitrogens with one attached hydrogen (secondary N) is 1. The number of anilines is 1. The monoisotopic (exact) mass is 279 g/mol. The van der Waals surface area contributed by atoms with Gasteiger partial charge >= 0.3 is 0 Å². The van der Waals surface area contributed by atoms with Crippen LogP contribution in [-0.4, -0.2) is 38.8 Å². The van der Waals surface area contributed by atoms with Crippen molar-refractivity contribution < 1.29 is 9.47 Å². The molecule has 1 aliphatic rings. The SMILES string of the molecule is Nc1nc2c(ncn2COCCC2CCCO2)c(=O)[nH]1. The van der Waals surface area contributed by atoms with E-state index in [-0.39, 0.29) is 17.0 Å². The maximum absolute atomic E-state index is 11.6. The Kier molecular flexibility index (Phi) is 3.66. The highest BCUT2D eigenvalue weighted by molar-refractivity contribution is 5.70. The lowest BCUT2D eigenvalue weighted by Gasteiger charge is -2.10. The van der Waals surface area contributed by atoms with Gasteiger partial charge in [-0.15, -0.1) is 0 Å². The summed E-state index contributed by atoms with van der Waals surface area (Å²) in [6.07, 6.45) is 4.95.